The summed E-state index contributed by atoms with van der Waals surface area (Å²) in [7, 11) is -3.97. The standard InChI is InChI=1S/C25H27ClN2O3S/c1-17-14-19(3)24(15-18(17)2)20(4)27-25(29)16-28(22-8-6-5-7-9-22)32(30,31)23-12-10-21(26)11-13-23/h5-15,20H,16H2,1-4H3,(H,27,29)/t20-/m1/s1. The molecular weight excluding hydrogens is 444 g/mol. The van der Waals surface area contributed by atoms with E-state index in [0.29, 0.717) is 10.7 Å². The molecule has 168 valence electrons. The summed E-state index contributed by atoms with van der Waals surface area (Å²) in [5.41, 5.74) is 4.83. The van der Waals surface area contributed by atoms with Crippen LogP contribution in [0.3, 0.4) is 0 Å². The minimum Gasteiger partial charge on any atom is -0.348 e. The van der Waals surface area contributed by atoms with Crippen LogP contribution in [0.15, 0.2) is 71.6 Å². The van der Waals surface area contributed by atoms with Crippen LogP contribution in [0.5, 0.6) is 0 Å². The van der Waals surface area contributed by atoms with Crippen LogP contribution in [-0.2, 0) is 14.8 Å². The highest BCUT2D eigenvalue weighted by Gasteiger charge is 2.27. The molecule has 3 aromatic carbocycles. The SMILES string of the molecule is Cc1cc(C)c([C@@H](C)NC(=O)CN(c2ccccc2)S(=O)(=O)c2ccc(Cl)cc2)cc1C. The number of hydrogen-bond donors (Lipinski definition) is 1. The zero-order chi connectivity index (χ0) is 23.5. The first-order chi connectivity index (χ1) is 15.1. The maximum absolute atomic E-state index is 13.4. The molecule has 0 radical (unpaired) electrons. The molecule has 0 saturated heterocycles. The van der Waals surface area contributed by atoms with Gasteiger partial charge >= 0.3 is 0 Å². The molecule has 32 heavy (non-hydrogen) atoms. The van der Waals surface area contributed by atoms with E-state index in [2.05, 4.69) is 24.4 Å². The van der Waals surface area contributed by atoms with Crippen LogP contribution < -0.4 is 9.62 Å². The number of para-hydroxylation sites is 1. The molecule has 0 bridgehead atoms. The molecule has 0 saturated carbocycles. The molecule has 3 rings (SSSR count). The summed E-state index contributed by atoms with van der Waals surface area (Å²) in [6.07, 6.45) is 0. The first-order valence-electron chi connectivity index (χ1n) is 10.3. The van der Waals surface area contributed by atoms with Crippen molar-refractivity contribution in [2.24, 2.45) is 0 Å². The minimum atomic E-state index is -3.97. The molecule has 3 aromatic rings. The smallest absolute Gasteiger partial charge is 0.264 e. The number of rotatable bonds is 7. The minimum absolute atomic E-state index is 0.0663. The van der Waals surface area contributed by atoms with Gasteiger partial charge in [0.1, 0.15) is 6.54 Å². The summed E-state index contributed by atoms with van der Waals surface area (Å²) in [6.45, 7) is 7.64. The lowest BCUT2D eigenvalue weighted by Crippen LogP contribution is -2.41. The van der Waals surface area contributed by atoms with Crippen molar-refractivity contribution in [1.82, 2.24) is 5.32 Å². The Labute approximate surface area is 195 Å². The second kappa shape index (κ2) is 9.76. The van der Waals surface area contributed by atoms with Crippen molar-refractivity contribution in [2.45, 2.75) is 38.6 Å². The first kappa shape index (κ1) is 23.8. The molecule has 5 nitrogen and oxygen atoms in total. The van der Waals surface area contributed by atoms with Gasteiger partial charge in [-0.25, -0.2) is 8.42 Å². The van der Waals surface area contributed by atoms with Crippen LogP contribution in [0.2, 0.25) is 5.02 Å². The molecule has 0 aliphatic carbocycles. The predicted molar refractivity (Wildman–Crippen MR) is 130 cm³/mol. The van der Waals surface area contributed by atoms with E-state index in [9.17, 15) is 13.2 Å². The molecule has 1 N–H and O–H groups in total. The average molecular weight is 471 g/mol. The van der Waals surface area contributed by atoms with Crippen molar-refractivity contribution in [3.63, 3.8) is 0 Å². The third kappa shape index (κ3) is 5.31. The van der Waals surface area contributed by atoms with Crippen molar-refractivity contribution in [2.75, 3.05) is 10.8 Å². The van der Waals surface area contributed by atoms with Gasteiger partial charge in [0, 0.05) is 5.02 Å². The summed E-state index contributed by atoms with van der Waals surface area (Å²) in [6, 6.07) is 18.4. The van der Waals surface area contributed by atoms with Gasteiger partial charge < -0.3 is 5.32 Å². The number of nitrogens with one attached hydrogen (secondary N) is 1. The second-order valence-electron chi connectivity index (χ2n) is 7.88. The summed E-state index contributed by atoms with van der Waals surface area (Å²) >= 11 is 5.92. The monoisotopic (exact) mass is 470 g/mol. The van der Waals surface area contributed by atoms with Crippen LogP contribution >= 0.6 is 11.6 Å². The lowest BCUT2D eigenvalue weighted by molar-refractivity contribution is -0.120. The summed E-state index contributed by atoms with van der Waals surface area (Å²) in [5.74, 6) is -0.392. The molecule has 7 heteroatoms. The Morgan fingerprint density at radius 3 is 2.16 bits per heavy atom. The Bertz CT molecular complexity index is 1210. The van der Waals surface area contributed by atoms with E-state index in [1.807, 2.05) is 20.8 Å². The van der Waals surface area contributed by atoms with E-state index >= 15 is 0 Å². The van der Waals surface area contributed by atoms with E-state index in [-0.39, 0.29) is 17.5 Å². The summed E-state index contributed by atoms with van der Waals surface area (Å²) in [4.78, 5) is 13.0. The van der Waals surface area contributed by atoms with Gasteiger partial charge in [-0.15, -0.1) is 0 Å². The number of hydrogen-bond acceptors (Lipinski definition) is 3. The van der Waals surface area contributed by atoms with Gasteiger partial charge in [-0.1, -0.05) is 41.9 Å². The number of anilines is 1. The summed E-state index contributed by atoms with van der Waals surface area (Å²) in [5, 5.41) is 3.39. The van der Waals surface area contributed by atoms with Crippen LogP contribution in [0, 0.1) is 20.8 Å². The fourth-order valence-electron chi connectivity index (χ4n) is 3.59. The molecular formula is C25H27ClN2O3S. The highest BCUT2D eigenvalue weighted by atomic mass is 35.5. The number of nitrogens with zero attached hydrogens (tertiary/aromatic N) is 1. The lowest BCUT2D eigenvalue weighted by atomic mass is 9.96. The maximum Gasteiger partial charge on any atom is 0.264 e. The zero-order valence-electron chi connectivity index (χ0n) is 18.6. The lowest BCUT2D eigenvalue weighted by Gasteiger charge is -2.25. The second-order valence-corrected chi connectivity index (χ2v) is 10.2. The molecule has 0 spiro atoms. The number of sulfonamides is 1. The van der Waals surface area contributed by atoms with E-state index in [1.54, 1.807) is 30.3 Å². The number of amides is 1. The Hall–Kier alpha value is -2.83. The Kier molecular flexibility index (Phi) is 7.26. The highest BCUT2D eigenvalue weighted by molar-refractivity contribution is 7.92. The third-order valence-corrected chi connectivity index (χ3v) is 7.50. The van der Waals surface area contributed by atoms with Crippen LogP contribution in [0.4, 0.5) is 5.69 Å². The first-order valence-corrected chi connectivity index (χ1v) is 12.1. The van der Waals surface area contributed by atoms with E-state index in [1.165, 1.54) is 29.8 Å². The van der Waals surface area contributed by atoms with Crippen LogP contribution in [0.25, 0.3) is 0 Å². The van der Waals surface area contributed by atoms with Gasteiger partial charge in [0.25, 0.3) is 10.0 Å². The molecule has 0 aliphatic rings. The quantitative estimate of drug-likeness (QED) is 0.507. The fourth-order valence-corrected chi connectivity index (χ4v) is 5.13. The zero-order valence-corrected chi connectivity index (χ0v) is 20.2. The van der Waals surface area contributed by atoms with Crippen molar-refractivity contribution in [1.29, 1.82) is 0 Å². The van der Waals surface area contributed by atoms with Crippen molar-refractivity contribution in [3.8, 4) is 0 Å². The van der Waals surface area contributed by atoms with E-state index in [4.69, 9.17) is 11.6 Å². The van der Waals surface area contributed by atoms with E-state index < -0.39 is 15.9 Å². The maximum atomic E-state index is 13.4. The van der Waals surface area contributed by atoms with Crippen LogP contribution in [0.1, 0.15) is 35.2 Å². The predicted octanol–water partition coefficient (Wildman–Crippen LogP) is 5.34. The van der Waals surface area contributed by atoms with Crippen molar-refractivity contribution < 1.29 is 13.2 Å². The Morgan fingerprint density at radius 1 is 0.938 bits per heavy atom. The topological polar surface area (TPSA) is 66.5 Å². The molecule has 0 aliphatic heterocycles. The van der Waals surface area contributed by atoms with Crippen molar-refractivity contribution >= 4 is 33.2 Å². The van der Waals surface area contributed by atoms with Crippen LogP contribution in [-0.4, -0.2) is 20.9 Å². The Morgan fingerprint density at radius 2 is 1.53 bits per heavy atom. The van der Waals surface area contributed by atoms with Gasteiger partial charge in [-0.3, -0.25) is 9.10 Å². The molecule has 1 amide bonds. The molecule has 1 atom stereocenters. The van der Waals surface area contributed by atoms with Gasteiger partial charge in [-0.2, -0.15) is 0 Å². The highest BCUT2D eigenvalue weighted by Crippen LogP contribution is 2.25. The van der Waals surface area contributed by atoms with Gasteiger partial charge in [-0.05, 0) is 86.3 Å². The molecule has 0 unspecified atom stereocenters. The summed E-state index contributed by atoms with van der Waals surface area (Å²) < 4.78 is 27.9. The average Bonchev–Trinajstić information content (AvgIpc) is 2.75. The fraction of sp³-hybridized carbons (Fsp3) is 0.240. The molecule has 0 fully saturated rings. The largest absolute Gasteiger partial charge is 0.348 e. The van der Waals surface area contributed by atoms with Gasteiger partial charge in [0.2, 0.25) is 5.91 Å². The number of halogens is 1. The van der Waals surface area contributed by atoms with E-state index in [0.717, 1.165) is 21.0 Å². The Balaban J connectivity index is 1.88. The third-order valence-electron chi connectivity index (χ3n) is 5.46. The van der Waals surface area contributed by atoms with Gasteiger partial charge in [0.05, 0.1) is 16.6 Å². The number of benzene rings is 3. The number of carbonyl (C=O) groups excluding carboxylic acids is 1. The molecule has 0 aromatic heterocycles. The van der Waals surface area contributed by atoms with Crippen molar-refractivity contribution in [3.05, 3.63) is 94.0 Å². The van der Waals surface area contributed by atoms with Gasteiger partial charge in [0.15, 0.2) is 0 Å². The normalized spacial score (nSPS) is 12.3. The number of carbonyl (C=O) groups is 1. The number of aryl methyl sites for hydroxylation is 3. The molecule has 0 heterocycles.